The maximum absolute atomic E-state index is 6.24. The predicted molar refractivity (Wildman–Crippen MR) is 139 cm³/mol. The molecule has 8 heteroatoms. The summed E-state index contributed by atoms with van der Waals surface area (Å²) in [5, 5.41) is 15.7. The van der Waals surface area contributed by atoms with Crippen LogP contribution in [0.15, 0.2) is 94.4 Å². The van der Waals surface area contributed by atoms with Crippen molar-refractivity contribution in [2.45, 2.75) is 19.8 Å². The monoisotopic (exact) mass is 482 g/mol. The Morgan fingerprint density at radius 1 is 0.971 bits per heavy atom. The van der Waals surface area contributed by atoms with E-state index in [1.165, 1.54) is 5.56 Å². The first kappa shape index (κ1) is 22.7. The van der Waals surface area contributed by atoms with Crippen molar-refractivity contribution in [3.8, 4) is 22.8 Å². The zero-order valence-corrected chi connectivity index (χ0v) is 19.9. The molecule has 0 spiro atoms. The number of ether oxygens (including phenoxy) is 1. The number of aromatic nitrogens is 2. The van der Waals surface area contributed by atoms with Crippen LogP contribution in [-0.4, -0.2) is 22.2 Å². The van der Waals surface area contributed by atoms with Crippen molar-refractivity contribution >= 4 is 28.8 Å². The molecule has 35 heavy (non-hydrogen) atoms. The van der Waals surface area contributed by atoms with E-state index in [2.05, 4.69) is 37.9 Å². The van der Waals surface area contributed by atoms with E-state index in [1.54, 1.807) is 6.20 Å². The van der Waals surface area contributed by atoms with Crippen LogP contribution in [0.2, 0.25) is 5.02 Å². The molecular weight excluding hydrogens is 460 g/mol. The third-order valence-corrected chi connectivity index (χ3v) is 5.69. The summed E-state index contributed by atoms with van der Waals surface area (Å²) in [6.45, 7) is 2.55. The van der Waals surface area contributed by atoms with Gasteiger partial charge in [-0.15, -0.1) is 5.10 Å². The van der Waals surface area contributed by atoms with Gasteiger partial charge in [-0.1, -0.05) is 35.9 Å². The van der Waals surface area contributed by atoms with Crippen molar-refractivity contribution < 1.29 is 4.74 Å². The maximum Gasteiger partial charge on any atom is 0.153 e. The lowest BCUT2D eigenvalue weighted by atomic mass is 10.1. The minimum atomic E-state index is 0.601. The number of nitrogens with zero attached hydrogens (tertiary/aromatic N) is 5. The molecule has 2 aromatic carbocycles. The minimum absolute atomic E-state index is 0.601. The number of rotatable bonds is 8. The number of hydrogen-bond acceptors (Lipinski definition) is 7. The van der Waals surface area contributed by atoms with E-state index in [4.69, 9.17) is 21.3 Å². The second kappa shape index (κ2) is 10.4. The van der Waals surface area contributed by atoms with Crippen LogP contribution in [0.4, 0.5) is 11.5 Å². The molecular formula is C27H23ClN6O. The van der Waals surface area contributed by atoms with E-state index >= 15 is 0 Å². The lowest BCUT2D eigenvalue weighted by Crippen LogP contribution is -2.01. The second-order valence-corrected chi connectivity index (χ2v) is 8.61. The van der Waals surface area contributed by atoms with Crippen molar-refractivity contribution in [3.05, 3.63) is 95.3 Å². The van der Waals surface area contributed by atoms with Crippen LogP contribution in [0, 0.1) is 6.92 Å². The lowest BCUT2D eigenvalue weighted by Gasteiger charge is -2.13. The van der Waals surface area contributed by atoms with Crippen LogP contribution in [-0.2, 0) is 6.42 Å². The first-order chi connectivity index (χ1) is 17.1. The lowest BCUT2D eigenvalue weighted by molar-refractivity contribution is 0.482. The molecule has 3 heterocycles. The van der Waals surface area contributed by atoms with E-state index in [0.717, 1.165) is 41.2 Å². The number of aryl methyl sites for hydroxylation is 2. The standard InChI is InChI=1S/C27H23ClN6O/c1-18-8-11-25(27(31-18)20-5-3-6-21(28)15-20)35-24-12-13-29-26(16-24)32-22-7-2-4-19(14-22)9-10-23-17-30-34-33-23/h2-8,11-16H,9-10,17H2,1H3,(H,29,32). The Labute approximate surface area is 208 Å². The molecule has 0 saturated carbocycles. The van der Waals surface area contributed by atoms with Gasteiger partial charge in [-0.2, -0.15) is 5.11 Å². The molecule has 5 rings (SSSR count). The number of benzene rings is 2. The number of anilines is 2. The van der Waals surface area contributed by atoms with Gasteiger partial charge >= 0.3 is 0 Å². The van der Waals surface area contributed by atoms with Gasteiger partial charge in [-0.25, -0.2) is 9.97 Å². The molecule has 0 radical (unpaired) electrons. The van der Waals surface area contributed by atoms with Gasteiger partial charge in [0.1, 0.15) is 23.8 Å². The molecule has 7 nitrogen and oxygen atoms in total. The van der Waals surface area contributed by atoms with Gasteiger partial charge in [0.15, 0.2) is 5.75 Å². The minimum Gasteiger partial charge on any atom is -0.455 e. The maximum atomic E-state index is 6.24. The molecule has 1 aliphatic heterocycles. The van der Waals surface area contributed by atoms with Crippen LogP contribution in [0.5, 0.6) is 11.5 Å². The molecule has 174 valence electrons. The smallest absolute Gasteiger partial charge is 0.153 e. The zero-order chi connectivity index (χ0) is 24.0. The van der Waals surface area contributed by atoms with Crippen LogP contribution >= 0.6 is 11.6 Å². The molecule has 0 atom stereocenters. The first-order valence-corrected chi connectivity index (χ1v) is 11.7. The fraction of sp³-hybridized carbons (Fsp3) is 0.148. The van der Waals surface area contributed by atoms with Crippen LogP contribution in [0.1, 0.15) is 17.7 Å². The SMILES string of the molecule is Cc1ccc(Oc2ccnc(Nc3cccc(CCC4=NN=NC4)c3)c2)c(-c2cccc(Cl)c2)n1. The van der Waals surface area contributed by atoms with Crippen LogP contribution in [0.3, 0.4) is 0 Å². The van der Waals surface area contributed by atoms with Gasteiger partial charge < -0.3 is 10.1 Å². The third kappa shape index (κ3) is 5.88. The summed E-state index contributed by atoms with van der Waals surface area (Å²) in [7, 11) is 0. The Balaban J connectivity index is 1.32. The molecule has 2 aromatic heterocycles. The van der Waals surface area contributed by atoms with Crippen molar-refractivity contribution in [2.24, 2.45) is 15.4 Å². The average Bonchev–Trinajstić information content (AvgIpc) is 3.38. The Morgan fingerprint density at radius 2 is 1.89 bits per heavy atom. The van der Waals surface area contributed by atoms with E-state index in [9.17, 15) is 0 Å². The normalized spacial score (nSPS) is 12.5. The Morgan fingerprint density at radius 3 is 2.74 bits per heavy atom. The molecule has 4 aromatic rings. The van der Waals surface area contributed by atoms with E-state index in [1.807, 2.05) is 67.6 Å². The van der Waals surface area contributed by atoms with Gasteiger partial charge in [0.05, 0.1) is 5.71 Å². The zero-order valence-electron chi connectivity index (χ0n) is 19.1. The van der Waals surface area contributed by atoms with Gasteiger partial charge in [-0.3, -0.25) is 0 Å². The third-order valence-electron chi connectivity index (χ3n) is 5.46. The fourth-order valence-corrected chi connectivity index (χ4v) is 3.94. The first-order valence-electron chi connectivity index (χ1n) is 11.3. The molecule has 0 bridgehead atoms. The number of halogens is 1. The van der Waals surface area contributed by atoms with Crippen molar-refractivity contribution in [3.63, 3.8) is 0 Å². The largest absolute Gasteiger partial charge is 0.455 e. The summed E-state index contributed by atoms with van der Waals surface area (Å²) >= 11 is 6.21. The summed E-state index contributed by atoms with van der Waals surface area (Å²) < 4.78 is 6.24. The van der Waals surface area contributed by atoms with Gasteiger partial charge in [-0.05, 0) is 73.0 Å². The molecule has 1 N–H and O–H groups in total. The summed E-state index contributed by atoms with van der Waals surface area (Å²) in [6.07, 6.45) is 3.44. The molecule has 0 amide bonds. The van der Waals surface area contributed by atoms with E-state index < -0.39 is 0 Å². The summed E-state index contributed by atoms with van der Waals surface area (Å²) in [5.41, 5.74) is 5.69. The van der Waals surface area contributed by atoms with E-state index in [0.29, 0.717) is 28.9 Å². The quantitative estimate of drug-likeness (QED) is 0.283. The number of pyridine rings is 2. The number of hydrogen-bond donors (Lipinski definition) is 1. The van der Waals surface area contributed by atoms with Crippen LogP contribution < -0.4 is 10.1 Å². The molecule has 0 fully saturated rings. The average molecular weight is 483 g/mol. The highest BCUT2D eigenvalue weighted by Crippen LogP contribution is 2.34. The molecule has 1 aliphatic rings. The van der Waals surface area contributed by atoms with Gasteiger partial charge in [0, 0.05) is 34.2 Å². The summed E-state index contributed by atoms with van der Waals surface area (Å²) in [4.78, 5) is 9.14. The topological polar surface area (TPSA) is 84.1 Å². The van der Waals surface area contributed by atoms with Crippen molar-refractivity contribution in [2.75, 3.05) is 11.9 Å². The molecule has 0 saturated heterocycles. The number of nitrogens with one attached hydrogen (secondary N) is 1. The highest BCUT2D eigenvalue weighted by Gasteiger charge is 2.11. The van der Waals surface area contributed by atoms with Gasteiger partial charge in [0.25, 0.3) is 0 Å². The Hall–Kier alpha value is -4.10. The fourth-order valence-electron chi connectivity index (χ4n) is 3.75. The second-order valence-electron chi connectivity index (χ2n) is 8.17. The highest BCUT2D eigenvalue weighted by atomic mass is 35.5. The Kier molecular flexibility index (Phi) is 6.77. The molecule has 0 unspecified atom stereocenters. The summed E-state index contributed by atoms with van der Waals surface area (Å²) in [6, 6.07) is 23.4. The molecule has 0 aliphatic carbocycles. The van der Waals surface area contributed by atoms with E-state index in [-0.39, 0.29) is 0 Å². The van der Waals surface area contributed by atoms with Crippen molar-refractivity contribution in [1.82, 2.24) is 9.97 Å². The summed E-state index contributed by atoms with van der Waals surface area (Å²) in [5.74, 6) is 1.98. The Bertz CT molecular complexity index is 1420. The van der Waals surface area contributed by atoms with Crippen molar-refractivity contribution in [1.29, 1.82) is 0 Å². The van der Waals surface area contributed by atoms with Gasteiger partial charge in [0.2, 0.25) is 0 Å². The highest BCUT2D eigenvalue weighted by molar-refractivity contribution is 6.30. The predicted octanol–water partition coefficient (Wildman–Crippen LogP) is 7.40. The van der Waals surface area contributed by atoms with Crippen LogP contribution in [0.25, 0.3) is 11.3 Å².